The molecular weight excluding hydrogens is 100 g/mol. The van der Waals surface area contributed by atoms with E-state index in [4.69, 9.17) is 5.73 Å². The minimum atomic E-state index is 0.389. The standard InChI is InChI=1S/C6H14N2/c1-5(4-7)6(2)8-3/h5,8H,2,4,7H2,1,3H3. The summed E-state index contributed by atoms with van der Waals surface area (Å²) in [7, 11) is 1.86. The Kier molecular flexibility index (Phi) is 3.28. The minimum Gasteiger partial charge on any atom is -0.392 e. The van der Waals surface area contributed by atoms with E-state index in [9.17, 15) is 0 Å². The van der Waals surface area contributed by atoms with Gasteiger partial charge in [-0.15, -0.1) is 0 Å². The molecule has 48 valence electrons. The first-order chi connectivity index (χ1) is 3.72. The molecule has 0 bridgehead atoms. The average molecular weight is 114 g/mol. The summed E-state index contributed by atoms with van der Waals surface area (Å²) in [6, 6.07) is 0. The summed E-state index contributed by atoms with van der Waals surface area (Å²) in [5, 5.41) is 2.94. The van der Waals surface area contributed by atoms with E-state index in [-0.39, 0.29) is 0 Å². The molecule has 0 fully saturated rings. The molecule has 8 heavy (non-hydrogen) atoms. The van der Waals surface area contributed by atoms with Gasteiger partial charge in [-0.2, -0.15) is 0 Å². The lowest BCUT2D eigenvalue weighted by atomic mass is 10.1. The van der Waals surface area contributed by atoms with Gasteiger partial charge in [0.15, 0.2) is 0 Å². The second kappa shape index (κ2) is 3.50. The molecule has 0 rings (SSSR count). The van der Waals surface area contributed by atoms with E-state index in [1.807, 2.05) is 14.0 Å². The number of hydrogen-bond donors (Lipinski definition) is 2. The third-order valence-corrected chi connectivity index (χ3v) is 1.27. The van der Waals surface area contributed by atoms with Crippen LogP contribution in [-0.2, 0) is 0 Å². The highest BCUT2D eigenvalue weighted by atomic mass is 14.8. The molecule has 0 aliphatic carbocycles. The minimum absolute atomic E-state index is 0.389. The first-order valence-electron chi connectivity index (χ1n) is 2.79. The van der Waals surface area contributed by atoms with Crippen molar-refractivity contribution in [1.82, 2.24) is 5.32 Å². The molecule has 0 aliphatic heterocycles. The molecule has 1 atom stereocenters. The van der Waals surface area contributed by atoms with Gasteiger partial charge in [-0.3, -0.25) is 0 Å². The van der Waals surface area contributed by atoms with E-state index < -0.39 is 0 Å². The summed E-state index contributed by atoms with van der Waals surface area (Å²) in [5.74, 6) is 0.389. The van der Waals surface area contributed by atoms with Crippen molar-refractivity contribution in [3.63, 3.8) is 0 Å². The van der Waals surface area contributed by atoms with Gasteiger partial charge in [0, 0.05) is 25.2 Å². The Balaban J connectivity index is 3.46. The Bertz CT molecular complexity index is 78.6. The van der Waals surface area contributed by atoms with Crippen LogP contribution in [0.2, 0.25) is 0 Å². The summed E-state index contributed by atoms with van der Waals surface area (Å²) in [6.07, 6.45) is 0. The first-order valence-corrected chi connectivity index (χ1v) is 2.79. The number of rotatable bonds is 3. The summed E-state index contributed by atoms with van der Waals surface area (Å²) in [6.45, 7) is 6.46. The van der Waals surface area contributed by atoms with Gasteiger partial charge in [-0.05, 0) is 0 Å². The molecule has 1 unspecified atom stereocenters. The molecule has 0 saturated heterocycles. The Morgan fingerprint density at radius 2 is 2.38 bits per heavy atom. The maximum absolute atomic E-state index is 5.35. The molecule has 2 heteroatoms. The van der Waals surface area contributed by atoms with E-state index in [1.54, 1.807) is 0 Å². The van der Waals surface area contributed by atoms with Crippen molar-refractivity contribution in [3.8, 4) is 0 Å². The van der Waals surface area contributed by atoms with E-state index in [2.05, 4.69) is 11.9 Å². The molecule has 0 aromatic heterocycles. The molecule has 0 saturated carbocycles. The number of hydrogen-bond acceptors (Lipinski definition) is 2. The summed E-state index contributed by atoms with van der Waals surface area (Å²) >= 11 is 0. The number of nitrogens with two attached hydrogens (primary N) is 1. The van der Waals surface area contributed by atoms with Crippen LogP contribution < -0.4 is 11.1 Å². The predicted molar refractivity (Wildman–Crippen MR) is 36.4 cm³/mol. The van der Waals surface area contributed by atoms with Crippen LogP contribution >= 0.6 is 0 Å². The summed E-state index contributed by atoms with van der Waals surface area (Å²) in [4.78, 5) is 0. The molecule has 0 amide bonds. The van der Waals surface area contributed by atoms with Gasteiger partial charge < -0.3 is 11.1 Å². The molecule has 2 nitrogen and oxygen atoms in total. The van der Waals surface area contributed by atoms with E-state index in [0.717, 1.165) is 5.70 Å². The molecule has 0 radical (unpaired) electrons. The second-order valence-electron chi connectivity index (χ2n) is 1.91. The SMILES string of the molecule is C=C(NC)C(C)CN. The van der Waals surface area contributed by atoms with Crippen molar-refractivity contribution in [3.05, 3.63) is 12.3 Å². The zero-order valence-electron chi connectivity index (χ0n) is 5.57. The van der Waals surface area contributed by atoms with Crippen LogP contribution in [0, 0.1) is 5.92 Å². The third kappa shape index (κ3) is 1.98. The van der Waals surface area contributed by atoms with Crippen molar-refractivity contribution in [2.75, 3.05) is 13.6 Å². The summed E-state index contributed by atoms with van der Waals surface area (Å²) < 4.78 is 0. The lowest BCUT2D eigenvalue weighted by molar-refractivity contribution is 0.648. The quantitative estimate of drug-likeness (QED) is 0.554. The van der Waals surface area contributed by atoms with Crippen LogP contribution in [0.15, 0.2) is 12.3 Å². The van der Waals surface area contributed by atoms with Gasteiger partial charge in [0.25, 0.3) is 0 Å². The van der Waals surface area contributed by atoms with Gasteiger partial charge in [0.05, 0.1) is 0 Å². The Hall–Kier alpha value is -0.500. The zero-order chi connectivity index (χ0) is 6.57. The molecular formula is C6H14N2. The van der Waals surface area contributed by atoms with Gasteiger partial charge in [-0.1, -0.05) is 13.5 Å². The molecule has 3 N–H and O–H groups in total. The fourth-order valence-corrected chi connectivity index (χ4v) is 0.389. The molecule has 0 spiro atoms. The Morgan fingerprint density at radius 3 is 2.50 bits per heavy atom. The monoisotopic (exact) mass is 114 g/mol. The first kappa shape index (κ1) is 7.50. The fourth-order valence-electron chi connectivity index (χ4n) is 0.389. The molecule has 0 aromatic carbocycles. The van der Waals surface area contributed by atoms with Gasteiger partial charge in [0.2, 0.25) is 0 Å². The van der Waals surface area contributed by atoms with Crippen LogP contribution in [0.4, 0.5) is 0 Å². The molecule has 0 aromatic rings. The van der Waals surface area contributed by atoms with Crippen LogP contribution in [0.1, 0.15) is 6.92 Å². The highest BCUT2D eigenvalue weighted by Gasteiger charge is 1.98. The lowest BCUT2D eigenvalue weighted by Gasteiger charge is -2.10. The number of nitrogens with one attached hydrogen (secondary N) is 1. The normalized spacial score (nSPS) is 12.9. The highest BCUT2D eigenvalue weighted by Crippen LogP contribution is 1.99. The third-order valence-electron chi connectivity index (χ3n) is 1.27. The van der Waals surface area contributed by atoms with Crippen molar-refractivity contribution in [1.29, 1.82) is 0 Å². The van der Waals surface area contributed by atoms with Crippen molar-refractivity contribution < 1.29 is 0 Å². The van der Waals surface area contributed by atoms with Crippen molar-refractivity contribution >= 4 is 0 Å². The lowest BCUT2D eigenvalue weighted by Crippen LogP contribution is -2.19. The summed E-state index contributed by atoms with van der Waals surface area (Å²) in [5.41, 5.74) is 6.35. The van der Waals surface area contributed by atoms with Crippen molar-refractivity contribution in [2.45, 2.75) is 6.92 Å². The maximum Gasteiger partial charge on any atom is 0.00748 e. The smallest absolute Gasteiger partial charge is 0.00748 e. The fraction of sp³-hybridized carbons (Fsp3) is 0.667. The van der Waals surface area contributed by atoms with Gasteiger partial charge in [-0.25, -0.2) is 0 Å². The second-order valence-corrected chi connectivity index (χ2v) is 1.91. The maximum atomic E-state index is 5.35. The van der Waals surface area contributed by atoms with Crippen LogP contribution in [0.3, 0.4) is 0 Å². The van der Waals surface area contributed by atoms with E-state index in [0.29, 0.717) is 12.5 Å². The highest BCUT2D eigenvalue weighted by molar-refractivity contribution is 4.94. The largest absolute Gasteiger partial charge is 0.392 e. The Labute approximate surface area is 50.8 Å². The predicted octanol–water partition coefficient (Wildman–Crippen LogP) is 0.314. The van der Waals surface area contributed by atoms with Crippen LogP contribution in [-0.4, -0.2) is 13.6 Å². The zero-order valence-corrected chi connectivity index (χ0v) is 5.57. The van der Waals surface area contributed by atoms with E-state index in [1.165, 1.54) is 0 Å². The molecule has 0 heterocycles. The van der Waals surface area contributed by atoms with E-state index >= 15 is 0 Å². The average Bonchev–Trinajstić information content (AvgIpc) is 1.84. The van der Waals surface area contributed by atoms with Crippen LogP contribution in [0.25, 0.3) is 0 Å². The van der Waals surface area contributed by atoms with Gasteiger partial charge >= 0.3 is 0 Å². The topological polar surface area (TPSA) is 38.0 Å². The van der Waals surface area contributed by atoms with Crippen molar-refractivity contribution in [2.24, 2.45) is 11.7 Å². The Morgan fingerprint density at radius 1 is 1.88 bits per heavy atom. The molecule has 0 aliphatic rings. The van der Waals surface area contributed by atoms with Crippen LogP contribution in [0.5, 0.6) is 0 Å². The van der Waals surface area contributed by atoms with Gasteiger partial charge in [0.1, 0.15) is 0 Å².